The van der Waals surface area contributed by atoms with E-state index in [0.717, 1.165) is 10.6 Å². The molecule has 2 aromatic rings. The number of rotatable bonds is 6. The average Bonchev–Trinajstić information content (AvgIpc) is 3.12. The molecular formula is C15H20N4O2S2. The summed E-state index contributed by atoms with van der Waals surface area (Å²) in [6.07, 6.45) is 0. The van der Waals surface area contributed by atoms with Crippen LogP contribution < -0.4 is 16.4 Å². The molecular weight excluding hydrogens is 332 g/mol. The first-order chi connectivity index (χ1) is 10.9. The summed E-state index contributed by atoms with van der Waals surface area (Å²) >= 11 is 3.01. The fourth-order valence-electron chi connectivity index (χ4n) is 1.77. The van der Waals surface area contributed by atoms with Crippen LogP contribution >= 0.6 is 22.7 Å². The number of hydrogen-bond acceptors (Lipinski definition) is 6. The van der Waals surface area contributed by atoms with E-state index in [1.807, 2.05) is 38.3 Å². The molecule has 1 atom stereocenters. The van der Waals surface area contributed by atoms with Crippen molar-refractivity contribution in [1.82, 2.24) is 10.3 Å². The van der Waals surface area contributed by atoms with Crippen molar-refractivity contribution in [1.29, 1.82) is 0 Å². The minimum Gasteiger partial charge on any atom is -0.346 e. The fourth-order valence-corrected chi connectivity index (χ4v) is 3.40. The summed E-state index contributed by atoms with van der Waals surface area (Å²) in [5.74, 6) is -0.629. The van der Waals surface area contributed by atoms with Crippen molar-refractivity contribution < 1.29 is 9.59 Å². The molecule has 23 heavy (non-hydrogen) atoms. The van der Waals surface area contributed by atoms with Crippen LogP contribution in [-0.4, -0.2) is 29.4 Å². The van der Waals surface area contributed by atoms with E-state index in [-0.39, 0.29) is 24.3 Å². The second-order valence-electron chi connectivity index (χ2n) is 5.48. The standard InChI is InChI=1S/C15H20N4O2S2/c1-8(2)13(16)14(21)17-6-12(20)19-15-18-10(7-22-15)11-5-4-9(3)23-11/h4-5,7-8,13H,6,16H2,1-3H3,(H,17,21)(H,18,19,20)/t13-/m0/s1. The van der Waals surface area contributed by atoms with Crippen LogP contribution in [0.4, 0.5) is 5.13 Å². The molecule has 6 nitrogen and oxygen atoms in total. The molecule has 4 N–H and O–H groups in total. The van der Waals surface area contributed by atoms with Gasteiger partial charge in [0.25, 0.3) is 0 Å². The van der Waals surface area contributed by atoms with Gasteiger partial charge in [0, 0.05) is 10.3 Å². The SMILES string of the molecule is Cc1ccc(-c2csc(NC(=O)CNC(=O)[C@@H](N)C(C)C)n2)s1. The van der Waals surface area contributed by atoms with Crippen LogP contribution in [-0.2, 0) is 9.59 Å². The maximum absolute atomic E-state index is 11.9. The number of carbonyl (C=O) groups is 2. The van der Waals surface area contributed by atoms with Gasteiger partial charge in [-0.05, 0) is 25.0 Å². The number of nitrogens with two attached hydrogens (primary N) is 1. The molecule has 0 saturated heterocycles. The van der Waals surface area contributed by atoms with Crippen molar-refractivity contribution in [2.75, 3.05) is 11.9 Å². The topological polar surface area (TPSA) is 97.1 Å². The summed E-state index contributed by atoms with van der Waals surface area (Å²) in [4.78, 5) is 30.2. The van der Waals surface area contributed by atoms with Gasteiger partial charge in [-0.1, -0.05) is 13.8 Å². The van der Waals surface area contributed by atoms with Crippen molar-refractivity contribution in [3.63, 3.8) is 0 Å². The van der Waals surface area contributed by atoms with Crippen LogP contribution in [0.5, 0.6) is 0 Å². The number of aromatic nitrogens is 1. The predicted molar refractivity (Wildman–Crippen MR) is 94.6 cm³/mol. The minimum absolute atomic E-state index is 0.0221. The molecule has 0 aromatic carbocycles. The molecule has 0 spiro atoms. The quantitative estimate of drug-likeness (QED) is 0.742. The van der Waals surface area contributed by atoms with Crippen molar-refractivity contribution in [3.05, 3.63) is 22.4 Å². The number of aryl methyl sites for hydroxylation is 1. The molecule has 0 fully saturated rings. The Labute approximate surface area is 143 Å². The van der Waals surface area contributed by atoms with Gasteiger partial charge in [0.15, 0.2) is 5.13 Å². The van der Waals surface area contributed by atoms with E-state index < -0.39 is 6.04 Å². The largest absolute Gasteiger partial charge is 0.346 e. The number of thiazole rings is 1. The Balaban J connectivity index is 1.86. The summed E-state index contributed by atoms with van der Waals surface area (Å²) in [7, 11) is 0. The van der Waals surface area contributed by atoms with Crippen molar-refractivity contribution in [2.45, 2.75) is 26.8 Å². The number of carbonyl (C=O) groups excluding carboxylic acids is 2. The summed E-state index contributed by atoms with van der Waals surface area (Å²) in [5, 5.41) is 7.62. The smallest absolute Gasteiger partial charge is 0.245 e. The van der Waals surface area contributed by atoms with Gasteiger partial charge in [-0.25, -0.2) is 4.98 Å². The molecule has 2 amide bonds. The van der Waals surface area contributed by atoms with Gasteiger partial charge in [-0.3, -0.25) is 9.59 Å². The number of nitrogens with zero attached hydrogens (tertiary/aromatic N) is 1. The van der Waals surface area contributed by atoms with Crippen molar-refractivity contribution in [2.24, 2.45) is 11.7 Å². The third kappa shape index (κ3) is 4.85. The maximum Gasteiger partial charge on any atom is 0.245 e. The molecule has 0 bridgehead atoms. The Morgan fingerprint density at radius 3 is 2.70 bits per heavy atom. The van der Waals surface area contributed by atoms with E-state index in [4.69, 9.17) is 5.73 Å². The number of anilines is 1. The summed E-state index contributed by atoms with van der Waals surface area (Å²) < 4.78 is 0. The van der Waals surface area contributed by atoms with Gasteiger partial charge in [0.1, 0.15) is 0 Å². The highest BCUT2D eigenvalue weighted by Crippen LogP contribution is 2.30. The van der Waals surface area contributed by atoms with Gasteiger partial charge in [0.2, 0.25) is 11.8 Å². The molecule has 0 radical (unpaired) electrons. The molecule has 2 aromatic heterocycles. The lowest BCUT2D eigenvalue weighted by Gasteiger charge is -2.14. The Bertz CT molecular complexity index is 693. The number of thiophene rings is 1. The zero-order valence-electron chi connectivity index (χ0n) is 13.3. The van der Waals surface area contributed by atoms with Crippen molar-refractivity contribution in [3.8, 4) is 10.6 Å². The first kappa shape index (κ1) is 17.6. The van der Waals surface area contributed by atoms with Crippen LogP contribution in [0.3, 0.4) is 0 Å². The zero-order valence-corrected chi connectivity index (χ0v) is 14.9. The first-order valence-corrected chi connectivity index (χ1v) is 8.92. The summed E-state index contributed by atoms with van der Waals surface area (Å²) in [5.41, 5.74) is 6.56. The normalized spacial score (nSPS) is 12.2. The van der Waals surface area contributed by atoms with Crippen LogP contribution in [0.2, 0.25) is 0 Å². The number of nitrogens with one attached hydrogen (secondary N) is 2. The lowest BCUT2D eigenvalue weighted by Crippen LogP contribution is -2.46. The molecule has 0 aliphatic heterocycles. The van der Waals surface area contributed by atoms with Crippen LogP contribution in [0.1, 0.15) is 18.7 Å². The lowest BCUT2D eigenvalue weighted by atomic mass is 10.1. The molecule has 8 heteroatoms. The number of hydrogen-bond donors (Lipinski definition) is 3. The number of amides is 2. The third-order valence-corrected chi connectivity index (χ3v) is 4.97. The molecule has 0 unspecified atom stereocenters. The second kappa shape index (κ2) is 7.67. The summed E-state index contributed by atoms with van der Waals surface area (Å²) in [6, 6.07) is 3.43. The highest BCUT2D eigenvalue weighted by atomic mass is 32.1. The lowest BCUT2D eigenvalue weighted by molar-refractivity contribution is -0.125. The van der Waals surface area contributed by atoms with E-state index in [1.165, 1.54) is 16.2 Å². The Morgan fingerprint density at radius 2 is 2.09 bits per heavy atom. The molecule has 0 aliphatic rings. The Kier molecular flexibility index (Phi) is 5.86. The van der Waals surface area contributed by atoms with E-state index in [0.29, 0.717) is 5.13 Å². The summed E-state index contributed by atoms with van der Waals surface area (Å²) in [6.45, 7) is 5.63. The van der Waals surface area contributed by atoms with E-state index in [2.05, 4.69) is 15.6 Å². The van der Waals surface area contributed by atoms with Gasteiger partial charge < -0.3 is 16.4 Å². The molecule has 0 saturated carbocycles. The van der Waals surface area contributed by atoms with E-state index in [1.54, 1.807) is 11.3 Å². The van der Waals surface area contributed by atoms with E-state index in [9.17, 15) is 9.59 Å². The van der Waals surface area contributed by atoms with Gasteiger partial charge in [0.05, 0.1) is 23.2 Å². The highest BCUT2D eigenvalue weighted by Gasteiger charge is 2.18. The average molecular weight is 352 g/mol. The van der Waals surface area contributed by atoms with Gasteiger partial charge in [-0.2, -0.15) is 0 Å². The van der Waals surface area contributed by atoms with Crippen LogP contribution in [0, 0.1) is 12.8 Å². The Morgan fingerprint density at radius 1 is 1.35 bits per heavy atom. The predicted octanol–water partition coefficient (Wildman–Crippen LogP) is 2.22. The first-order valence-electron chi connectivity index (χ1n) is 7.22. The molecule has 124 valence electrons. The molecule has 0 aliphatic carbocycles. The minimum atomic E-state index is -0.615. The van der Waals surface area contributed by atoms with Crippen molar-refractivity contribution >= 4 is 39.6 Å². The fraction of sp³-hybridized carbons (Fsp3) is 0.400. The third-order valence-electron chi connectivity index (χ3n) is 3.19. The molecule has 2 heterocycles. The molecule has 2 rings (SSSR count). The Hall–Kier alpha value is -1.77. The maximum atomic E-state index is 11.9. The monoisotopic (exact) mass is 352 g/mol. The van der Waals surface area contributed by atoms with Crippen LogP contribution in [0.25, 0.3) is 10.6 Å². The second-order valence-corrected chi connectivity index (χ2v) is 7.63. The van der Waals surface area contributed by atoms with E-state index >= 15 is 0 Å². The highest BCUT2D eigenvalue weighted by molar-refractivity contribution is 7.17. The van der Waals surface area contributed by atoms with Gasteiger partial charge >= 0.3 is 0 Å². The zero-order chi connectivity index (χ0) is 17.0. The van der Waals surface area contributed by atoms with Gasteiger partial charge in [-0.15, -0.1) is 22.7 Å². The van der Waals surface area contributed by atoms with Crippen LogP contribution in [0.15, 0.2) is 17.5 Å².